The summed E-state index contributed by atoms with van der Waals surface area (Å²) in [5.41, 5.74) is 0.382. The predicted octanol–water partition coefficient (Wildman–Crippen LogP) is 3.22. The van der Waals surface area contributed by atoms with Crippen LogP contribution >= 0.6 is 15.9 Å². The van der Waals surface area contributed by atoms with Crippen molar-refractivity contribution in [3.05, 3.63) is 28.2 Å². The molecule has 0 aromatic heterocycles. The summed E-state index contributed by atoms with van der Waals surface area (Å²) in [4.78, 5) is 11.1. The van der Waals surface area contributed by atoms with E-state index < -0.39 is 5.60 Å². The Labute approximate surface area is 103 Å². The Morgan fingerprint density at radius 2 is 2.19 bits per heavy atom. The van der Waals surface area contributed by atoms with Gasteiger partial charge in [0.2, 0.25) is 0 Å². The molecule has 0 fully saturated rings. The van der Waals surface area contributed by atoms with Gasteiger partial charge in [-0.2, -0.15) is 0 Å². The molecule has 1 atom stereocenters. The number of carbonyl (C=O) groups is 1. The Morgan fingerprint density at radius 1 is 1.50 bits per heavy atom. The summed E-state index contributed by atoms with van der Waals surface area (Å²) in [7, 11) is 0. The normalized spacial score (nSPS) is 21.1. The maximum Gasteiger partial charge on any atom is 0.303 e. The van der Waals surface area contributed by atoms with Gasteiger partial charge in [0.15, 0.2) is 6.10 Å². The highest BCUT2D eigenvalue weighted by Gasteiger charge is 2.44. The van der Waals surface area contributed by atoms with Crippen LogP contribution in [0.4, 0.5) is 0 Å². The number of benzene rings is 1. The van der Waals surface area contributed by atoms with Crippen molar-refractivity contribution >= 4 is 21.9 Å². The van der Waals surface area contributed by atoms with Crippen molar-refractivity contribution in [3.8, 4) is 5.75 Å². The standard InChI is InChI=1S/C12H13BrO3/c1-7(14)15-11-8-5-4-6-9(13)10(8)16-12(11,2)3/h4-6,11H,1-3H3. The number of para-hydroxylation sites is 1. The van der Waals surface area contributed by atoms with Gasteiger partial charge < -0.3 is 9.47 Å². The molecule has 1 aromatic carbocycles. The lowest BCUT2D eigenvalue weighted by Crippen LogP contribution is -2.32. The van der Waals surface area contributed by atoms with Crippen LogP contribution in [0, 0.1) is 0 Å². The van der Waals surface area contributed by atoms with E-state index in [0.29, 0.717) is 0 Å². The summed E-state index contributed by atoms with van der Waals surface area (Å²) in [6.07, 6.45) is -0.350. The maximum absolute atomic E-state index is 11.1. The summed E-state index contributed by atoms with van der Waals surface area (Å²) >= 11 is 3.43. The van der Waals surface area contributed by atoms with Gasteiger partial charge in [0, 0.05) is 12.5 Å². The van der Waals surface area contributed by atoms with Gasteiger partial charge in [-0.3, -0.25) is 4.79 Å². The topological polar surface area (TPSA) is 35.5 Å². The van der Waals surface area contributed by atoms with Crippen molar-refractivity contribution in [3.63, 3.8) is 0 Å². The van der Waals surface area contributed by atoms with Crippen molar-refractivity contribution < 1.29 is 14.3 Å². The van der Waals surface area contributed by atoms with Crippen LogP contribution in [0.2, 0.25) is 0 Å². The zero-order chi connectivity index (χ0) is 11.9. The minimum atomic E-state index is -0.530. The van der Waals surface area contributed by atoms with E-state index in [1.54, 1.807) is 0 Å². The Kier molecular flexibility index (Phi) is 2.70. The number of esters is 1. The molecule has 3 nitrogen and oxygen atoms in total. The third kappa shape index (κ3) is 1.82. The largest absolute Gasteiger partial charge is 0.482 e. The average molecular weight is 285 g/mol. The zero-order valence-corrected chi connectivity index (χ0v) is 11.0. The van der Waals surface area contributed by atoms with Gasteiger partial charge in [0.1, 0.15) is 11.4 Å². The van der Waals surface area contributed by atoms with Crippen LogP contribution in [-0.4, -0.2) is 11.6 Å². The number of rotatable bonds is 1. The molecule has 0 amide bonds. The third-order valence-corrected chi connectivity index (χ3v) is 3.18. The zero-order valence-electron chi connectivity index (χ0n) is 9.41. The summed E-state index contributed by atoms with van der Waals surface area (Å²) in [6, 6.07) is 5.73. The van der Waals surface area contributed by atoms with Crippen LogP contribution in [0.25, 0.3) is 0 Å². The maximum atomic E-state index is 11.1. The van der Waals surface area contributed by atoms with E-state index in [1.807, 2.05) is 32.0 Å². The van der Waals surface area contributed by atoms with Crippen LogP contribution in [0.15, 0.2) is 22.7 Å². The van der Waals surface area contributed by atoms with Crippen LogP contribution in [-0.2, 0) is 9.53 Å². The lowest BCUT2D eigenvalue weighted by molar-refractivity contribution is -0.154. The van der Waals surface area contributed by atoms with E-state index in [4.69, 9.17) is 9.47 Å². The minimum Gasteiger partial charge on any atom is -0.482 e. The van der Waals surface area contributed by atoms with E-state index in [0.717, 1.165) is 15.8 Å². The van der Waals surface area contributed by atoms with E-state index in [9.17, 15) is 4.79 Å². The number of hydrogen-bond donors (Lipinski definition) is 0. The molecule has 0 radical (unpaired) electrons. The molecule has 0 bridgehead atoms. The van der Waals surface area contributed by atoms with Gasteiger partial charge in [-0.1, -0.05) is 12.1 Å². The average Bonchev–Trinajstić information content (AvgIpc) is 2.41. The molecule has 0 saturated carbocycles. The molecular formula is C12H13BrO3. The molecule has 0 saturated heterocycles. The first-order chi connectivity index (χ1) is 7.42. The van der Waals surface area contributed by atoms with E-state index in [1.165, 1.54) is 6.92 Å². The molecule has 4 heteroatoms. The first-order valence-corrected chi connectivity index (χ1v) is 5.86. The Balaban J connectivity index is 2.45. The fourth-order valence-electron chi connectivity index (χ4n) is 1.90. The molecule has 0 N–H and O–H groups in total. The number of halogens is 1. The molecule has 0 aliphatic carbocycles. The summed E-state index contributed by atoms with van der Waals surface area (Å²) in [5.74, 6) is 0.466. The summed E-state index contributed by atoms with van der Waals surface area (Å²) < 4.78 is 12.0. The summed E-state index contributed by atoms with van der Waals surface area (Å²) in [5, 5.41) is 0. The minimum absolute atomic E-state index is 0.297. The third-order valence-electron chi connectivity index (χ3n) is 2.56. The molecule has 0 spiro atoms. The number of hydrogen-bond acceptors (Lipinski definition) is 3. The smallest absolute Gasteiger partial charge is 0.303 e. The van der Waals surface area contributed by atoms with Gasteiger partial charge in [-0.15, -0.1) is 0 Å². The second-order valence-corrected chi connectivity index (χ2v) is 5.21. The highest BCUT2D eigenvalue weighted by Crippen LogP contribution is 2.48. The highest BCUT2D eigenvalue weighted by atomic mass is 79.9. The first kappa shape index (κ1) is 11.5. The van der Waals surface area contributed by atoms with Crippen molar-refractivity contribution in [2.75, 3.05) is 0 Å². The van der Waals surface area contributed by atoms with Gasteiger partial charge in [0.25, 0.3) is 0 Å². The summed E-state index contributed by atoms with van der Waals surface area (Å²) in [6.45, 7) is 5.23. The number of carbonyl (C=O) groups excluding carboxylic acids is 1. The SMILES string of the molecule is CC(=O)OC1c2cccc(Br)c2OC1(C)C. The Hall–Kier alpha value is -1.03. The molecule has 1 aliphatic heterocycles. The van der Waals surface area contributed by atoms with E-state index in [-0.39, 0.29) is 12.1 Å². The van der Waals surface area contributed by atoms with Crippen LogP contribution in [0.5, 0.6) is 5.75 Å². The fourth-order valence-corrected chi connectivity index (χ4v) is 2.36. The second-order valence-electron chi connectivity index (χ2n) is 4.35. The van der Waals surface area contributed by atoms with Crippen molar-refractivity contribution in [2.24, 2.45) is 0 Å². The van der Waals surface area contributed by atoms with Gasteiger partial charge in [0.05, 0.1) is 4.47 Å². The van der Waals surface area contributed by atoms with Gasteiger partial charge >= 0.3 is 5.97 Å². The quantitative estimate of drug-likeness (QED) is 0.743. The first-order valence-electron chi connectivity index (χ1n) is 5.06. The van der Waals surface area contributed by atoms with Gasteiger partial charge in [-0.25, -0.2) is 0 Å². The Bertz CT molecular complexity index is 440. The monoisotopic (exact) mass is 284 g/mol. The van der Waals surface area contributed by atoms with Crippen LogP contribution in [0.1, 0.15) is 32.4 Å². The molecular weight excluding hydrogens is 272 g/mol. The number of ether oxygens (including phenoxy) is 2. The molecule has 1 aromatic rings. The van der Waals surface area contributed by atoms with Crippen molar-refractivity contribution in [1.82, 2.24) is 0 Å². The van der Waals surface area contributed by atoms with E-state index in [2.05, 4.69) is 15.9 Å². The molecule has 1 unspecified atom stereocenters. The lowest BCUT2D eigenvalue weighted by Gasteiger charge is -2.25. The number of fused-ring (bicyclic) bond motifs is 1. The fraction of sp³-hybridized carbons (Fsp3) is 0.417. The molecule has 86 valence electrons. The predicted molar refractivity (Wildman–Crippen MR) is 63.4 cm³/mol. The van der Waals surface area contributed by atoms with Gasteiger partial charge in [-0.05, 0) is 35.8 Å². The van der Waals surface area contributed by atoms with E-state index >= 15 is 0 Å². The second kappa shape index (κ2) is 3.77. The van der Waals surface area contributed by atoms with Crippen molar-refractivity contribution in [2.45, 2.75) is 32.5 Å². The Morgan fingerprint density at radius 3 is 2.81 bits per heavy atom. The molecule has 1 heterocycles. The van der Waals surface area contributed by atoms with Crippen LogP contribution in [0.3, 0.4) is 0 Å². The molecule has 16 heavy (non-hydrogen) atoms. The van der Waals surface area contributed by atoms with Crippen molar-refractivity contribution in [1.29, 1.82) is 0 Å². The molecule has 2 rings (SSSR count). The molecule has 1 aliphatic rings. The lowest BCUT2D eigenvalue weighted by atomic mass is 9.97. The van der Waals surface area contributed by atoms with Crippen LogP contribution < -0.4 is 4.74 Å². The highest BCUT2D eigenvalue weighted by molar-refractivity contribution is 9.10.